The third kappa shape index (κ3) is 2.89. The monoisotopic (exact) mass is 263 g/mol. The van der Waals surface area contributed by atoms with E-state index in [1.54, 1.807) is 18.4 Å². The fourth-order valence-corrected chi connectivity index (χ4v) is 2.70. The summed E-state index contributed by atoms with van der Waals surface area (Å²) < 4.78 is 5.21. The molecule has 1 N–H and O–H groups in total. The summed E-state index contributed by atoms with van der Waals surface area (Å²) in [5.74, 6) is 0.844. The Hall–Kier alpha value is -1.39. The molecule has 0 fully saturated rings. The van der Waals surface area contributed by atoms with Gasteiger partial charge in [0.25, 0.3) is 0 Å². The first-order valence-corrected chi connectivity index (χ1v) is 6.71. The molecule has 18 heavy (non-hydrogen) atoms. The second kappa shape index (κ2) is 5.50. The van der Waals surface area contributed by atoms with Gasteiger partial charge in [0.2, 0.25) is 0 Å². The molecule has 0 bridgehead atoms. The minimum atomic E-state index is -0.514. The Morgan fingerprint density at radius 1 is 1.39 bits per heavy atom. The Morgan fingerprint density at radius 2 is 2.17 bits per heavy atom. The van der Waals surface area contributed by atoms with Crippen LogP contribution in [0.4, 0.5) is 0 Å². The van der Waals surface area contributed by atoms with Gasteiger partial charge < -0.3 is 9.84 Å². The highest BCUT2D eigenvalue weighted by molar-refractivity contribution is 7.09. The Balaban J connectivity index is 2.13. The molecule has 0 aliphatic carbocycles. The zero-order valence-corrected chi connectivity index (χ0v) is 11.6. The Kier molecular flexibility index (Phi) is 3.99. The van der Waals surface area contributed by atoms with Crippen molar-refractivity contribution in [2.75, 3.05) is 7.11 Å². The summed E-state index contributed by atoms with van der Waals surface area (Å²) >= 11 is 1.59. The molecule has 1 atom stereocenters. The lowest BCUT2D eigenvalue weighted by molar-refractivity contribution is 0.178. The first kappa shape index (κ1) is 13.1. The van der Waals surface area contributed by atoms with Crippen molar-refractivity contribution in [1.29, 1.82) is 0 Å². The van der Waals surface area contributed by atoms with Gasteiger partial charge in [-0.15, -0.1) is 11.3 Å². The van der Waals surface area contributed by atoms with E-state index >= 15 is 0 Å². The van der Waals surface area contributed by atoms with Crippen LogP contribution in [0.15, 0.2) is 23.6 Å². The Bertz CT molecular complexity index is 536. The molecule has 3 nitrogen and oxygen atoms in total. The Labute approximate surface area is 111 Å². The van der Waals surface area contributed by atoms with Crippen molar-refractivity contribution < 1.29 is 9.84 Å². The van der Waals surface area contributed by atoms with Crippen LogP contribution in [-0.4, -0.2) is 17.2 Å². The van der Waals surface area contributed by atoms with Crippen LogP contribution < -0.4 is 4.74 Å². The summed E-state index contributed by atoms with van der Waals surface area (Å²) in [5, 5.41) is 13.2. The van der Waals surface area contributed by atoms with E-state index in [4.69, 9.17) is 4.74 Å². The highest BCUT2D eigenvalue weighted by Crippen LogP contribution is 2.25. The van der Waals surface area contributed by atoms with Gasteiger partial charge in [0.1, 0.15) is 5.75 Å². The molecule has 0 amide bonds. The van der Waals surface area contributed by atoms with Crippen molar-refractivity contribution in [3.8, 4) is 5.75 Å². The van der Waals surface area contributed by atoms with Crippen LogP contribution >= 0.6 is 11.3 Å². The molecule has 0 spiro atoms. The molecule has 0 radical (unpaired) electrons. The maximum atomic E-state index is 10.2. The van der Waals surface area contributed by atoms with E-state index in [1.165, 1.54) is 0 Å². The minimum Gasteiger partial charge on any atom is -0.496 e. The van der Waals surface area contributed by atoms with E-state index in [2.05, 4.69) is 4.98 Å². The second-order valence-corrected chi connectivity index (χ2v) is 5.27. The third-order valence-electron chi connectivity index (χ3n) is 2.84. The number of hydrogen-bond donors (Lipinski definition) is 1. The summed E-state index contributed by atoms with van der Waals surface area (Å²) in [7, 11) is 1.65. The normalized spacial score (nSPS) is 12.4. The average molecular weight is 263 g/mol. The van der Waals surface area contributed by atoms with Gasteiger partial charge in [0.05, 0.1) is 18.2 Å². The summed E-state index contributed by atoms with van der Waals surface area (Å²) in [6.07, 6.45) is 0.0461. The number of benzene rings is 1. The van der Waals surface area contributed by atoms with Gasteiger partial charge in [0, 0.05) is 17.5 Å². The molecule has 0 saturated carbocycles. The van der Waals surface area contributed by atoms with E-state index in [1.807, 2.05) is 37.4 Å². The number of hydrogen-bond acceptors (Lipinski definition) is 4. The maximum absolute atomic E-state index is 10.2. The van der Waals surface area contributed by atoms with E-state index in [0.717, 1.165) is 27.6 Å². The summed E-state index contributed by atoms with van der Waals surface area (Å²) in [6.45, 7) is 3.94. The van der Waals surface area contributed by atoms with Gasteiger partial charge in [0.15, 0.2) is 0 Å². The van der Waals surface area contributed by atoms with Crippen molar-refractivity contribution in [3.05, 3.63) is 45.4 Å². The predicted octanol–water partition coefficient (Wildman–Crippen LogP) is 3.04. The van der Waals surface area contributed by atoms with Gasteiger partial charge in [-0.2, -0.15) is 0 Å². The van der Waals surface area contributed by atoms with E-state index in [-0.39, 0.29) is 0 Å². The lowest BCUT2D eigenvalue weighted by Gasteiger charge is -2.12. The molecule has 1 unspecified atom stereocenters. The lowest BCUT2D eigenvalue weighted by Crippen LogP contribution is -2.02. The van der Waals surface area contributed by atoms with E-state index in [9.17, 15) is 5.11 Å². The minimum absolute atomic E-state index is 0.514. The zero-order valence-electron chi connectivity index (χ0n) is 10.8. The number of nitrogens with zero attached hydrogens (tertiary/aromatic N) is 1. The number of aliphatic hydroxyl groups excluding tert-OH is 1. The van der Waals surface area contributed by atoms with Gasteiger partial charge in [-0.3, -0.25) is 0 Å². The molecule has 2 aromatic rings. The number of ether oxygens (including phenoxy) is 1. The quantitative estimate of drug-likeness (QED) is 0.922. The first-order valence-electron chi connectivity index (χ1n) is 5.83. The number of aromatic nitrogens is 1. The molecular weight excluding hydrogens is 246 g/mol. The number of thiazole rings is 1. The van der Waals surface area contributed by atoms with Crippen molar-refractivity contribution in [1.82, 2.24) is 4.98 Å². The fourth-order valence-electron chi connectivity index (χ4n) is 1.89. The summed E-state index contributed by atoms with van der Waals surface area (Å²) in [5.41, 5.74) is 2.94. The van der Waals surface area contributed by atoms with Crippen LogP contribution in [-0.2, 0) is 6.42 Å². The van der Waals surface area contributed by atoms with Gasteiger partial charge in [-0.25, -0.2) is 4.98 Å². The van der Waals surface area contributed by atoms with Crippen molar-refractivity contribution in [2.45, 2.75) is 26.4 Å². The molecule has 2 rings (SSSR count). The molecule has 0 aliphatic heterocycles. The van der Waals surface area contributed by atoms with Crippen LogP contribution in [0.1, 0.15) is 27.9 Å². The van der Waals surface area contributed by atoms with Crippen LogP contribution in [0.2, 0.25) is 0 Å². The summed E-state index contributed by atoms with van der Waals surface area (Å²) in [6, 6.07) is 5.75. The third-order valence-corrected chi connectivity index (χ3v) is 3.83. The van der Waals surface area contributed by atoms with Crippen LogP contribution in [0, 0.1) is 13.8 Å². The molecule has 1 aromatic carbocycles. The topological polar surface area (TPSA) is 42.4 Å². The standard InChI is InChI=1S/C14H17NO2S/c1-9-6-11(4-5-13(9)17-3)12(16)7-14-15-10(2)8-18-14/h4-6,8,12,16H,7H2,1-3H3. The van der Waals surface area contributed by atoms with E-state index < -0.39 is 6.10 Å². The van der Waals surface area contributed by atoms with Crippen molar-refractivity contribution in [2.24, 2.45) is 0 Å². The molecular formula is C14H17NO2S. The van der Waals surface area contributed by atoms with Gasteiger partial charge in [-0.05, 0) is 37.1 Å². The predicted molar refractivity (Wildman–Crippen MR) is 73.2 cm³/mol. The first-order chi connectivity index (χ1) is 8.60. The Morgan fingerprint density at radius 3 is 2.72 bits per heavy atom. The summed E-state index contributed by atoms with van der Waals surface area (Å²) in [4.78, 5) is 4.37. The molecule has 0 aliphatic rings. The van der Waals surface area contributed by atoms with Crippen molar-refractivity contribution >= 4 is 11.3 Å². The largest absolute Gasteiger partial charge is 0.496 e. The number of aryl methyl sites for hydroxylation is 2. The smallest absolute Gasteiger partial charge is 0.121 e. The number of rotatable bonds is 4. The van der Waals surface area contributed by atoms with Crippen LogP contribution in [0.3, 0.4) is 0 Å². The molecule has 0 saturated heterocycles. The molecule has 1 aromatic heterocycles. The average Bonchev–Trinajstić information content (AvgIpc) is 2.74. The van der Waals surface area contributed by atoms with E-state index in [0.29, 0.717) is 6.42 Å². The van der Waals surface area contributed by atoms with Crippen LogP contribution in [0.5, 0.6) is 5.75 Å². The lowest BCUT2D eigenvalue weighted by atomic mass is 10.0. The molecule has 96 valence electrons. The number of methoxy groups -OCH3 is 1. The zero-order chi connectivity index (χ0) is 13.1. The maximum Gasteiger partial charge on any atom is 0.121 e. The van der Waals surface area contributed by atoms with Gasteiger partial charge in [-0.1, -0.05) is 6.07 Å². The highest BCUT2D eigenvalue weighted by atomic mass is 32.1. The number of aliphatic hydroxyl groups is 1. The van der Waals surface area contributed by atoms with Gasteiger partial charge >= 0.3 is 0 Å². The molecule has 1 heterocycles. The SMILES string of the molecule is COc1ccc(C(O)Cc2nc(C)cs2)cc1C. The molecule has 4 heteroatoms. The second-order valence-electron chi connectivity index (χ2n) is 4.33. The fraction of sp³-hybridized carbons (Fsp3) is 0.357. The van der Waals surface area contributed by atoms with Crippen LogP contribution in [0.25, 0.3) is 0 Å². The van der Waals surface area contributed by atoms with Crippen molar-refractivity contribution in [3.63, 3.8) is 0 Å². The highest BCUT2D eigenvalue weighted by Gasteiger charge is 2.12.